The van der Waals surface area contributed by atoms with Crippen LogP contribution < -0.4 is 0 Å². The second-order valence-electron chi connectivity index (χ2n) is 4.36. The third-order valence-corrected chi connectivity index (χ3v) is 3.22. The molecule has 0 bridgehead atoms. The molecule has 2 rings (SSSR count). The summed E-state index contributed by atoms with van der Waals surface area (Å²) in [6.45, 7) is 4.32. The van der Waals surface area contributed by atoms with Gasteiger partial charge in [0.2, 0.25) is 0 Å². The summed E-state index contributed by atoms with van der Waals surface area (Å²) < 4.78 is 0. The van der Waals surface area contributed by atoms with Gasteiger partial charge in [-0.05, 0) is 17.9 Å². The van der Waals surface area contributed by atoms with Crippen molar-refractivity contribution in [3.63, 3.8) is 0 Å². The highest BCUT2D eigenvalue weighted by Crippen LogP contribution is 2.24. The van der Waals surface area contributed by atoms with E-state index in [1.807, 2.05) is 24.3 Å². The second-order valence-corrected chi connectivity index (χ2v) is 4.36. The topological polar surface area (TPSA) is 66.0 Å². The molecule has 4 heteroatoms. The van der Waals surface area contributed by atoms with Crippen molar-refractivity contribution < 1.29 is 9.90 Å². The van der Waals surface area contributed by atoms with Gasteiger partial charge in [-0.1, -0.05) is 38.1 Å². The fourth-order valence-corrected chi connectivity index (χ4v) is 1.88. The van der Waals surface area contributed by atoms with Gasteiger partial charge in [0.15, 0.2) is 5.69 Å². The lowest BCUT2D eigenvalue weighted by Crippen LogP contribution is -1.99. The second kappa shape index (κ2) is 5.04. The van der Waals surface area contributed by atoms with Gasteiger partial charge in [0.1, 0.15) is 5.69 Å². The first kappa shape index (κ1) is 12.4. The number of rotatable bonds is 4. The van der Waals surface area contributed by atoms with Crippen LogP contribution in [0, 0.1) is 0 Å². The highest BCUT2D eigenvalue weighted by molar-refractivity contribution is 5.92. The molecule has 0 radical (unpaired) electrons. The Labute approximate surface area is 106 Å². The fraction of sp³-hybridized carbons (Fsp3) is 0.286. The zero-order valence-corrected chi connectivity index (χ0v) is 10.5. The number of carboxylic acids is 1. The van der Waals surface area contributed by atoms with Crippen LogP contribution in [-0.2, 0) is 0 Å². The van der Waals surface area contributed by atoms with E-state index in [1.54, 1.807) is 0 Å². The number of hydrogen-bond acceptors (Lipinski definition) is 2. The van der Waals surface area contributed by atoms with Crippen LogP contribution in [0.15, 0.2) is 30.6 Å². The number of benzene rings is 1. The van der Waals surface area contributed by atoms with Gasteiger partial charge in [0.05, 0.1) is 6.33 Å². The Morgan fingerprint density at radius 3 is 2.61 bits per heavy atom. The predicted octanol–water partition coefficient (Wildman–Crippen LogP) is 3.29. The molecule has 0 amide bonds. The molecule has 4 nitrogen and oxygen atoms in total. The molecule has 1 unspecified atom stereocenters. The summed E-state index contributed by atoms with van der Waals surface area (Å²) in [5.41, 5.74) is 2.69. The average Bonchev–Trinajstić information content (AvgIpc) is 2.87. The number of aromatic amines is 1. The van der Waals surface area contributed by atoms with E-state index in [9.17, 15) is 4.79 Å². The molecule has 0 aliphatic carbocycles. The third-order valence-electron chi connectivity index (χ3n) is 3.22. The van der Waals surface area contributed by atoms with Gasteiger partial charge >= 0.3 is 5.97 Å². The number of carbonyl (C=O) groups is 1. The molecule has 0 aliphatic heterocycles. The molecule has 0 saturated carbocycles. The van der Waals surface area contributed by atoms with Crippen LogP contribution in [0.1, 0.15) is 42.2 Å². The highest BCUT2D eigenvalue weighted by atomic mass is 16.4. The SMILES string of the molecule is CCC(C)c1ccc(-c2nc[nH]c2C(=O)O)cc1. The van der Waals surface area contributed by atoms with Crippen molar-refractivity contribution in [1.82, 2.24) is 9.97 Å². The number of nitrogens with one attached hydrogen (secondary N) is 1. The van der Waals surface area contributed by atoms with Gasteiger partial charge < -0.3 is 10.1 Å². The molecule has 0 spiro atoms. The van der Waals surface area contributed by atoms with Crippen molar-refractivity contribution in [3.8, 4) is 11.3 Å². The van der Waals surface area contributed by atoms with Gasteiger partial charge in [-0.3, -0.25) is 0 Å². The van der Waals surface area contributed by atoms with E-state index in [0.717, 1.165) is 12.0 Å². The molecule has 0 aliphatic rings. The smallest absolute Gasteiger partial charge is 0.354 e. The molecule has 1 aromatic heterocycles. The first-order valence-electron chi connectivity index (χ1n) is 6.00. The van der Waals surface area contributed by atoms with E-state index in [1.165, 1.54) is 11.9 Å². The molecular formula is C14H16N2O2. The number of H-pyrrole nitrogens is 1. The number of hydrogen-bond donors (Lipinski definition) is 2. The van der Waals surface area contributed by atoms with E-state index >= 15 is 0 Å². The fourth-order valence-electron chi connectivity index (χ4n) is 1.88. The predicted molar refractivity (Wildman–Crippen MR) is 69.7 cm³/mol. The Hall–Kier alpha value is -2.10. The molecule has 0 fully saturated rings. The summed E-state index contributed by atoms with van der Waals surface area (Å²) in [5, 5.41) is 9.03. The number of aromatic nitrogens is 2. The molecule has 0 saturated heterocycles. The minimum Gasteiger partial charge on any atom is -0.477 e. The Morgan fingerprint density at radius 1 is 1.39 bits per heavy atom. The summed E-state index contributed by atoms with van der Waals surface area (Å²) in [7, 11) is 0. The first-order chi connectivity index (χ1) is 8.63. The van der Waals surface area contributed by atoms with Gasteiger partial charge in [0, 0.05) is 5.56 Å². The zero-order chi connectivity index (χ0) is 13.1. The molecule has 2 N–H and O–H groups in total. The maximum Gasteiger partial charge on any atom is 0.354 e. The van der Waals surface area contributed by atoms with E-state index in [4.69, 9.17) is 5.11 Å². The van der Waals surface area contributed by atoms with Crippen molar-refractivity contribution in [2.75, 3.05) is 0 Å². The lowest BCUT2D eigenvalue weighted by Gasteiger charge is -2.09. The Kier molecular flexibility index (Phi) is 3.46. The van der Waals surface area contributed by atoms with Crippen molar-refractivity contribution >= 4 is 5.97 Å². The summed E-state index contributed by atoms with van der Waals surface area (Å²) in [5.74, 6) is -0.481. The lowest BCUT2D eigenvalue weighted by molar-refractivity contribution is 0.0692. The van der Waals surface area contributed by atoms with Crippen LogP contribution in [0.25, 0.3) is 11.3 Å². The molecular weight excluding hydrogens is 228 g/mol. The number of aromatic carboxylic acids is 1. The normalized spacial score (nSPS) is 12.3. The van der Waals surface area contributed by atoms with Gasteiger partial charge in [-0.15, -0.1) is 0 Å². The van der Waals surface area contributed by atoms with Crippen LogP contribution in [0.5, 0.6) is 0 Å². The number of nitrogens with zero attached hydrogens (tertiary/aromatic N) is 1. The van der Waals surface area contributed by atoms with E-state index in [2.05, 4.69) is 23.8 Å². The Balaban J connectivity index is 2.34. The monoisotopic (exact) mass is 244 g/mol. The summed E-state index contributed by atoms with van der Waals surface area (Å²) in [4.78, 5) is 17.7. The van der Waals surface area contributed by atoms with Crippen molar-refractivity contribution in [2.45, 2.75) is 26.2 Å². The van der Waals surface area contributed by atoms with Crippen LogP contribution in [0.2, 0.25) is 0 Å². The third kappa shape index (κ3) is 2.27. The average molecular weight is 244 g/mol. The number of imidazole rings is 1. The standard InChI is InChI=1S/C14H16N2O2/c1-3-9(2)10-4-6-11(7-5-10)12-13(14(17)18)16-8-15-12/h4-9H,3H2,1-2H3,(H,15,16)(H,17,18). The van der Waals surface area contributed by atoms with E-state index in [0.29, 0.717) is 11.6 Å². The quantitative estimate of drug-likeness (QED) is 0.867. The van der Waals surface area contributed by atoms with Gasteiger partial charge in [-0.2, -0.15) is 0 Å². The maximum atomic E-state index is 11.0. The van der Waals surface area contributed by atoms with E-state index in [-0.39, 0.29) is 5.69 Å². The van der Waals surface area contributed by atoms with Crippen molar-refractivity contribution in [1.29, 1.82) is 0 Å². The highest BCUT2D eigenvalue weighted by Gasteiger charge is 2.14. The molecule has 1 atom stereocenters. The van der Waals surface area contributed by atoms with E-state index < -0.39 is 5.97 Å². The lowest BCUT2D eigenvalue weighted by atomic mass is 9.97. The van der Waals surface area contributed by atoms with Crippen molar-refractivity contribution in [3.05, 3.63) is 41.9 Å². The first-order valence-corrected chi connectivity index (χ1v) is 6.00. The van der Waals surface area contributed by atoms with Crippen LogP contribution in [0.4, 0.5) is 0 Å². The summed E-state index contributed by atoms with van der Waals surface area (Å²) in [6, 6.07) is 7.90. The summed E-state index contributed by atoms with van der Waals surface area (Å²) in [6.07, 6.45) is 2.49. The molecule has 94 valence electrons. The summed E-state index contributed by atoms with van der Waals surface area (Å²) >= 11 is 0. The van der Waals surface area contributed by atoms with Crippen LogP contribution in [-0.4, -0.2) is 21.0 Å². The molecule has 18 heavy (non-hydrogen) atoms. The maximum absolute atomic E-state index is 11.0. The zero-order valence-electron chi connectivity index (χ0n) is 10.5. The Morgan fingerprint density at radius 2 is 2.06 bits per heavy atom. The largest absolute Gasteiger partial charge is 0.477 e. The van der Waals surface area contributed by atoms with Gasteiger partial charge in [0.25, 0.3) is 0 Å². The molecule has 1 aromatic carbocycles. The van der Waals surface area contributed by atoms with Crippen LogP contribution in [0.3, 0.4) is 0 Å². The van der Waals surface area contributed by atoms with Crippen LogP contribution >= 0.6 is 0 Å². The molecule has 2 aromatic rings. The Bertz CT molecular complexity index is 543. The minimum absolute atomic E-state index is 0.131. The number of carboxylic acid groups (broad SMARTS) is 1. The minimum atomic E-state index is -0.992. The van der Waals surface area contributed by atoms with Gasteiger partial charge in [-0.25, -0.2) is 9.78 Å². The van der Waals surface area contributed by atoms with Crippen molar-refractivity contribution in [2.24, 2.45) is 0 Å². The molecule has 1 heterocycles.